The van der Waals surface area contributed by atoms with Crippen LogP contribution >= 0.6 is 0 Å². The molecule has 6 heteroatoms. The maximum Gasteiger partial charge on any atom is 0.264 e. The van der Waals surface area contributed by atoms with Crippen LogP contribution in [0.2, 0.25) is 0 Å². The van der Waals surface area contributed by atoms with E-state index >= 15 is 0 Å². The van der Waals surface area contributed by atoms with Crippen LogP contribution in [0, 0.1) is 5.92 Å². The average molecular weight is 278 g/mol. The Kier molecular flexibility index (Phi) is 4.64. The Labute approximate surface area is 109 Å². The largest absolute Gasteiger partial charge is 0.347 e. The maximum atomic E-state index is 10.9. The molecule has 2 aliphatic rings. The standard InChI is InChI=1S/C12H22O5S/c1-18(13,14)17-8-4-6-11-5-2-3-7-12(11)15-9-10-16-12/h11H,2-10H2,1H3. The van der Waals surface area contributed by atoms with E-state index < -0.39 is 10.1 Å². The number of hydrogen-bond acceptors (Lipinski definition) is 5. The molecule has 1 unspecified atom stereocenters. The van der Waals surface area contributed by atoms with Crippen LogP contribution in [-0.4, -0.2) is 40.3 Å². The van der Waals surface area contributed by atoms with Gasteiger partial charge in [-0.25, -0.2) is 0 Å². The Bertz CT molecular complexity index is 359. The molecule has 0 N–H and O–H groups in total. The number of ether oxygens (including phenoxy) is 2. The van der Waals surface area contributed by atoms with Crippen molar-refractivity contribution in [3.05, 3.63) is 0 Å². The summed E-state index contributed by atoms with van der Waals surface area (Å²) in [6, 6.07) is 0. The van der Waals surface area contributed by atoms with Gasteiger partial charge in [0.25, 0.3) is 10.1 Å². The zero-order chi connectivity index (χ0) is 13.1. The molecule has 106 valence electrons. The Morgan fingerprint density at radius 1 is 1.28 bits per heavy atom. The molecule has 1 saturated heterocycles. The minimum absolute atomic E-state index is 0.255. The zero-order valence-corrected chi connectivity index (χ0v) is 11.7. The fraction of sp³-hybridized carbons (Fsp3) is 1.00. The highest BCUT2D eigenvalue weighted by atomic mass is 32.2. The number of rotatable bonds is 5. The minimum atomic E-state index is -3.32. The molecule has 1 spiro atoms. The van der Waals surface area contributed by atoms with Crippen molar-refractivity contribution in [3.8, 4) is 0 Å². The lowest BCUT2D eigenvalue weighted by atomic mass is 9.80. The van der Waals surface area contributed by atoms with Gasteiger partial charge in [-0.3, -0.25) is 4.18 Å². The second kappa shape index (κ2) is 5.86. The van der Waals surface area contributed by atoms with E-state index in [1.807, 2.05) is 0 Å². The fourth-order valence-corrected chi connectivity index (χ4v) is 3.36. The summed E-state index contributed by atoms with van der Waals surface area (Å²) in [5.41, 5.74) is 0. The zero-order valence-electron chi connectivity index (χ0n) is 10.9. The molecule has 5 nitrogen and oxygen atoms in total. The Morgan fingerprint density at radius 3 is 2.67 bits per heavy atom. The summed E-state index contributed by atoms with van der Waals surface area (Å²) in [7, 11) is -3.32. The lowest BCUT2D eigenvalue weighted by Crippen LogP contribution is -2.41. The molecule has 0 aromatic rings. The SMILES string of the molecule is CS(=O)(=O)OCCCC1CCCCC12OCCO2. The van der Waals surface area contributed by atoms with Gasteiger partial charge in [0.2, 0.25) is 0 Å². The van der Waals surface area contributed by atoms with Crippen LogP contribution < -0.4 is 0 Å². The van der Waals surface area contributed by atoms with Crippen molar-refractivity contribution in [3.63, 3.8) is 0 Å². The second-order valence-electron chi connectivity index (χ2n) is 5.12. The topological polar surface area (TPSA) is 61.8 Å². The van der Waals surface area contributed by atoms with Crippen LogP contribution in [0.4, 0.5) is 0 Å². The van der Waals surface area contributed by atoms with Crippen LogP contribution in [0.1, 0.15) is 38.5 Å². The molecule has 0 bridgehead atoms. The van der Waals surface area contributed by atoms with Gasteiger partial charge in [-0.1, -0.05) is 6.42 Å². The third-order valence-corrected chi connectivity index (χ3v) is 4.32. The van der Waals surface area contributed by atoms with Gasteiger partial charge in [0, 0.05) is 12.3 Å². The third kappa shape index (κ3) is 3.66. The fourth-order valence-electron chi connectivity index (χ4n) is 2.94. The molecule has 1 aliphatic carbocycles. The van der Waals surface area contributed by atoms with Gasteiger partial charge in [-0.05, 0) is 25.7 Å². The van der Waals surface area contributed by atoms with Crippen LogP contribution in [0.15, 0.2) is 0 Å². The first kappa shape index (κ1) is 14.2. The smallest absolute Gasteiger partial charge is 0.264 e. The highest BCUT2D eigenvalue weighted by molar-refractivity contribution is 7.85. The molecule has 2 rings (SSSR count). The van der Waals surface area contributed by atoms with Crippen molar-refractivity contribution in [2.24, 2.45) is 5.92 Å². The van der Waals surface area contributed by atoms with Crippen molar-refractivity contribution in [1.29, 1.82) is 0 Å². The predicted octanol–water partition coefficient (Wildman–Crippen LogP) is 1.68. The molecule has 1 atom stereocenters. The van der Waals surface area contributed by atoms with Gasteiger partial charge in [-0.15, -0.1) is 0 Å². The Balaban J connectivity index is 1.79. The molecule has 0 radical (unpaired) electrons. The van der Waals surface area contributed by atoms with Crippen molar-refractivity contribution < 1.29 is 22.1 Å². The summed E-state index contributed by atoms with van der Waals surface area (Å²) in [6.45, 7) is 1.61. The highest BCUT2D eigenvalue weighted by Crippen LogP contribution is 2.42. The van der Waals surface area contributed by atoms with E-state index in [1.54, 1.807) is 0 Å². The quantitative estimate of drug-likeness (QED) is 0.565. The van der Waals surface area contributed by atoms with Crippen LogP contribution in [0.5, 0.6) is 0 Å². The molecular weight excluding hydrogens is 256 g/mol. The monoisotopic (exact) mass is 278 g/mol. The molecular formula is C12H22O5S. The molecule has 1 saturated carbocycles. The normalized spacial score (nSPS) is 27.7. The Morgan fingerprint density at radius 2 is 2.00 bits per heavy atom. The molecule has 0 aromatic heterocycles. The predicted molar refractivity (Wildman–Crippen MR) is 66.6 cm³/mol. The van der Waals surface area contributed by atoms with Gasteiger partial charge in [0.1, 0.15) is 0 Å². The van der Waals surface area contributed by atoms with Gasteiger partial charge in [0.05, 0.1) is 26.1 Å². The van der Waals surface area contributed by atoms with Gasteiger partial charge in [0.15, 0.2) is 5.79 Å². The summed E-state index contributed by atoms with van der Waals surface area (Å²) < 4.78 is 38.1. The van der Waals surface area contributed by atoms with Gasteiger partial charge in [-0.2, -0.15) is 8.42 Å². The van der Waals surface area contributed by atoms with Crippen molar-refractivity contribution in [2.75, 3.05) is 26.1 Å². The molecule has 1 aliphatic heterocycles. The van der Waals surface area contributed by atoms with E-state index in [-0.39, 0.29) is 12.4 Å². The summed E-state index contributed by atoms with van der Waals surface area (Å²) in [4.78, 5) is 0. The molecule has 1 heterocycles. The van der Waals surface area contributed by atoms with Crippen LogP contribution in [0.3, 0.4) is 0 Å². The molecule has 2 fully saturated rings. The lowest BCUT2D eigenvalue weighted by Gasteiger charge is -2.39. The van der Waals surface area contributed by atoms with Gasteiger partial charge >= 0.3 is 0 Å². The first-order chi connectivity index (χ1) is 8.52. The number of hydrogen-bond donors (Lipinski definition) is 0. The minimum Gasteiger partial charge on any atom is -0.347 e. The van der Waals surface area contributed by atoms with E-state index in [0.29, 0.717) is 19.1 Å². The maximum absolute atomic E-state index is 10.9. The lowest BCUT2D eigenvalue weighted by molar-refractivity contribution is -0.214. The first-order valence-electron chi connectivity index (χ1n) is 6.64. The van der Waals surface area contributed by atoms with E-state index in [1.165, 1.54) is 6.42 Å². The third-order valence-electron chi connectivity index (χ3n) is 3.72. The van der Waals surface area contributed by atoms with E-state index in [2.05, 4.69) is 0 Å². The Hall–Kier alpha value is -0.170. The molecule has 18 heavy (non-hydrogen) atoms. The highest BCUT2D eigenvalue weighted by Gasteiger charge is 2.45. The summed E-state index contributed by atoms with van der Waals surface area (Å²) in [6.07, 6.45) is 7.12. The summed E-state index contributed by atoms with van der Waals surface area (Å²) in [5, 5.41) is 0. The van der Waals surface area contributed by atoms with Crippen LogP contribution in [-0.2, 0) is 23.8 Å². The average Bonchev–Trinajstić information content (AvgIpc) is 2.75. The summed E-state index contributed by atoms with van der Waals surface area (Å²) in [5.74, 6) is -0.0134. The van der Waals surface area contributed by atoms with Gasteiger partial charge < -0.3 is 9.47 Å². The van der Waals surface area contributed by atoms with Crippen LogP contribution in [0.25, 0.3) is 0 Å². The van der Waals surface area contributed by atoms with E-state index in [4.69, 9.17) is 13.7 Å². The van der Waals surface area contributed by atoms with Crippen molar-refractivity contribution in [1.82, 2.24) is 0 Å². The van der Waals surface area contributed by atoms with Crippen molar-refractivity contribution in [2.45, 2.75) is 44.3 Å². The summed E-state index contributed by atoms with van der Waals surface area (Å²) >= 11 is 0. The van der Waals surface area contributed by atoms with E-state index in [0.717, 1.165) is 38.4 Å². The van der Waals surface area contributed by atoms with Crippen molar-refractivity contribution >= 4 is 10.1 Å². The first-order valence-corrected chi connectivity index (χ1v) is 8.46. The second-order valence-corrected chi connectivity index (χ2v) is 6.76. The molecule has 0 amide bonds. The molecule has 0 aromatic carbocycles. The van der Waals surface area contributed by atoms with E-state index in [9.17, 15) is 8.42 Å².